The van der Waals surface area contributed by atoms with Crippen LogP contribution >= 0.6 is 34.5 Å². The molecule has 32 heavy (non-hydrogen) atoms. The molecule has 0 radical (unpaired) electrons. The molecule has 0 N–H and O–H groups in total. The van der Waals surface area contributed by atoms with E-state index in [1.165, 1.54) is 17.4 Å². The van der Waals surface area contributed by atoms with Gasteiger partial charge in [-0.15, -0.1) is 11.3 Å². The van der Waals surface area contributed by atoms with Gasteiger partial charge in [-0.25, -0.2) is 14.2 Å². The van der Waals surface area contributed by atoms with Gasteiger partial charge in [-0.2, -0.15) is 0 Å². The Balaban J connectivity index is 1.63. The van der Waals surface area contributed by atoms with Crippen LogP contribution in [-0.4, -0.2) is 34.7 Å². The number of methoxy groups -OCH3 is 1. The first kappa shape index (κ1) is 21.2. The predicted molar refractivity (Wildman–Crippen MR) is 122 cm³/mol. The van der Waals surface area contributed by atoms with Crippen molar-refractivity contribution in [2.75, 3.05) is 13.7 Å². The lowest BCUT2D eigenvalue weighted by Gasteiger charge is -2.22. The van der Waals surface area contributed by atoms with Crippen molar-refractivity contribution in [3.8, 4) is 22.1 Å². The van der Waals surface area contributed by atoms with Gasteiger partial charge in [0.2, 0.25) is 0 Å². The van der Waals surface area contributed by atoms with E-state index >= 15 is 0 Å². The molecule has 164 valence electrons. The topological polar surface area (TPSA) is 70.5 Å². The summed E-state index contributed by atoms with van der Waals surface area (Å²) in [6.45, 7) is 1.64. The Morgan fingerprint density at radius 2 is 2.16 bits per heavy atom. The van der Waals surface area contributed by atoms with E-state index < -0.39 is 16.8 Å². The molecule has 6 nitrogen and oxygen atoms in total. The number of thiazole rings is 1. The molecule has 0 aliphatic carbocycles. The van der Waals surface area contributed by atoms with Crippen LogP contribution in [0.4, 0.5) is 9.18 Å². The van der Waals surface area contributed by atoms with Gasteiger partial charge in [0, 0.05) is 45.6 Å². The molecular weight excluding hydrogens is 478 g/mol. The number of nitrogens with zero attached hydrogens (tertiary/aromatic N) is 2. The standard InChI is InChI=1S/C22H15Cl2FN2O4S/c1-22(9-30-21(24)28)7-14-18(31-22)15(25)6-16-19(14)32-20(27-16)13-5-11(23)3-10-4-12(29-2)8-26-17(10)13/h3-6,8H,7,9H2,1-2H3. The number of benzene rings is 2. The smallest absolute Gasteiger partial charge is 0.403 e. The molecule has 0 amide bonds. The van der Waals surface area contributed by atoms with Gasteiger partial charge < -0.3 is 14.2 Å². The van der Waals surface area contributed by atoms with Crippen molar-refractivity contribution in [1.82, 2.24) is 9.97 Å². The minimum atomic E-state index is -0.937. The fourth-order valence-electron chi connectivity index (χ4n) is 3.88. The van der Waals surface area contributed by atoms with E-state index in [4.69, 9.17) is 37.4 Å². The number of carbonyl (C=O) groups is 1. The molecule has 4 aromatic rings. The average molecular weight is 493 g/mol. The van der Waals surface area contributed by atoms with E-state index in [-0.39, 0.29) is 12.4 Å². The molecule has 1 aliphatic rings. The summed E-state index contributed by atoms with van der Waals surface area (Å²) in [5.74, 6) is 0.229. The first-order chi connectivity index (χ1) is 15.3. The van der Waals surface area contributed by atoms with Crippen LogP contribution in [0, 0.1) is 5.82 Å². The van der Waals surface area contributed by atoms with E-state index in [0.29, 0.717) is 38.8 Å². The second-order valence-electron chi connectivity index (χ2n) is 7.69. The Labute approximate surface area is 195 Å². The van der Waals surface area contributed by atoms with E-state index in [1.807, 2.05) is 6.07 Å². The van der Waals surface area contributed by atoms with Crippen LogP contribution in [-0.2, 0) is 11.2 Å². The first-order valence-corrected chi connectivity index (χ1v) is 11.1. The Kier molecular flexibility index (Phi) is 5.11. The number of pyridine rings is 1. The molecule has 0 saturated carbocycles. The highest BCUT2D eigenvalue weighted by Gasteiger charge is 2.40. The Hall–Kier alpha value is -2.68. The zero-order valence-corrected chi connectivity index (χ0v) is 19.2. The van der Waals surface area contributed by atoms with Crippen molar-refractivity contribution in [2.24, 2.45) is 0 Å². The molecule has 1 atom stereocenters. The van der Waals surface area contributed by atoms with Crippen LogP contribution in [0.3, 0.4) is 0 Å². The third kappa shape index (κ3) is 3.62. The van der Waals surface area contributed by atoms with Gasteiger partial charge in [0.05, 0.1) is 29.0 Å². The SMILES string of the molecule is COc1cnc2c(-c3nc4cc(F)c5c(c4s3)CC(C)(COC(=O)Cl)O5)cc(Cl)cc2c1. The van der Waals surface area contributed by atoms with Crippen molar-refractivity contribution < 1.29 is 23.4 Å². The van der Waals surface area contributed by atoms with Crippen LogP contribution < -0.4 is 9.47 Å². The zero-order valence-electron chi connectivity index (χ0n) is 16.9. The summed E-state index contributed by atoms with van der Waals surface area (Å²) in [7, 11) is 1.57. The summed E-state index contributed by atoms with van der Waals surface area (Å²) in [5.41, 5.74) is 0.772. The fraction of sp³-hybridized carbons (Fsp3) is 0.227. The summed E-state index contributed by atoms with van der Waals surface area (Å²) in [4.78, 5) is 20.2. The van der Waals surface area contributed by atoms with Crippen LogP contribution in [0.15, 0.2) is 30.5 Å². The maximum atomic E-state index is 14.8. The number of halogens is 3. The Bertz CT molecular complexity index is 1410. The molecule has 0 bridgehead atoms. The number of hydrogen-bond acceptors (Lipinski definition) is 7. The molecular formula is C22H15Cl2FN2O4S. The van der Waals surface area contributed by atoms with Gasteiger partial charge >= 0.3 is 5.43 Å². The molecule has 5 rings (SSSR count). The summed E-state index contributed by atoms with van der Waals surface area (Å²) < 4.78 is 31.6. The van der Waals surface area contributed by atoms with E-state index in [9.17, 15) is 9.18 Å². The highest BCUT2D eigenvalue weighted by atomic mass is 35.5. The van der Waals surface area contributed by atoms with Gasteiger partial charge in [-0.1, -0.05) is 11.6 Å². The largest absolute Gasteiger partial charge is 0.495 e. The van der Waals surface area contributed by atoms with Crippen molar-refractivity contribution in [3.05, 3.63) is 46.9 Å². The van der Waals surface area contributed by atoms with Crippen molar-refractivity contribution >= 4 is 61.1 Å². The van der Waals surface area contributed by atoms with E-state index in [2.05, 4.69) is 9.97 Å². The number of hydrogen-bond donors (Lipinski definition) is 0. The number of aromatic nitrogens is 2. The molecule has 2 aromatic carbocycles. The normalized spacial score (nSPS) is 17.4. The maximum absolute atomic E-state index is 14.8. The quantitative estimate of drug-likeness (QED) is 0.307. The summed E-state index contributed by atoms with van der Waals surface area (Å²) in [6, 6.07) is 6.78. The molecule has 10 heteroatoms. The minimum absolute atomic E-state index is 0.0959. The van der Waals surface area contributed by atoms with Crippen LogP contribution in [0.25, 0.3) is 31.7 Å². The summed E-state index contributed by atoms with van der Waals surface area (Å²) in [6.07, 6.45) is 1.97. The van der Waals surface area contributed by atoms with Gasteiger partial charge in [-0.3, -0.25) is 4.98 Å². The molecule has 2 aromatic heterocycles. The maximum Gasteiger partial charge on any atom is 0.403 e. The number of fused-ring (bicyclic) bond motifs is 4. The summed E-state index contributed by atoms with van der Waals surface area (Å²) in [5, 5.41) is 1.98. The second-order valence-corrected chi connectivity index (χ2v) is 9.43. The van der Waals surface area contributed by atoms with Crippen LogP contribution in [0.2, 0.25) is 5.02 Å². The van der Waals surface area contributed by atoms with Gasteiger partial charge in [0.1, 0.15) is 23.0 Å². The van der Waals surface area contributed by atoms with Crippen molar-refractivity contribution in [3.63, 3.8) is 0 Å². The minimum Gasteiger partial charge on any atom is -0.495 e. The highest BCUT2D eigenvalue weighted by molar-refractivity contribution is 7.22. The number of rotatable bonds is 4. The molecule has 1 aliphatic heterocycles. The van der Waals surface area contributed by atoms with E-state index in [1.54, 1.807) is 32.4 Å². The molecule has 3 heterocycles. The predicted octanol–water partition coefficient (Wildman–Crippen LogP) is 6.38. The average Bonchev–Trinajstić information content (AvgIpc) is 3.33. The van der Waals surface area contributed by atoms with E-state index in [0.717, 1.165) is 15.6 Å². The lowest BCUT2D eigenvalue weighted by atomic mass is 10.00. The number of carbonyl (C=O) groups excluding carboxylic acids is 1. The molecule has 0 fully saturated rings. The van der Waals surface area contributed by atoms with Crippen molar-refractivity contribution in [1.29, 1.82) is 0 Å². The van der Waals surface area contributed by atoms with Gasteiger partial charge in [0.25, 0.3) is 0 Å². The van der Waals surface area contributed by atoms with Crippen molar-refractivity contribution in [2.45, 2.75) is 18.9 Å². The zero-order chi connectivity index (χ0) is 22.6. The third-order valence-corrected chi connectivity index (χ3v) is 6.75. The molecule has 0 spiro atoms. The van der Waals surface area contributed by atoms with Crippen LogP contribution in [0.5, 0.6) is 11.5 Å². The van der Waals surface area contributed by atoms with Gasteiger partial charge in [0.15, 0.2) is 11.6 Å². The Morgan fingerprint density at radius 1 is 1.34 bits per heavy atom. The Morgan fingerprint density at radius 3 is 2.91 bits per heavy atom. The third-order valence-electron chi connectivity index (χ3n) is 5.26. The molecule has 0 saturated heterocycles. The lowest BCUT2D eigenvalue weighted by molar-refractivity contribution is 0.0352. The summed E-state index contributed by atoms with van der Waals surface area (Å²) >= 11 is 13.0. The fourth-order valence-corrected chi connectivity index (χ4v) is 5.26. The molecule has 1 unspecified atom stereocenters. The van der Waals surface area contributed by atoms with Gasteiger partial charge in [-0.05, 0) is 25.1 Å². The first-order valence-electron chi connectivity index (χ1n) is 9.53. The van der Waals surface area contributed by atoms with Crippen LogP contribution in [0.1, 0.15) is 12.5 Å². The monoisotopic (exact) mass is 492 g/mol. The lowest BCUT2D eigenvalue weighted by Crippen LogP contribution is -2.36. The number of ether oxygens (including phenoxy) is 3. The highest BCUT2D eigenvalue weighted by Crippen LogP contribution is 2.46. The second kappa shape index (κ2) is 7.72.